The van der Waals surface area contributed by atoms with Gasteiger partial charge in [0.15, 0.2) is 0 Å². The van der Waals surface area contributed by atoms with Gasteiger partial charge in [0.05, 0.1) is 5.56 Å². The summed E-state index contributed by atoms with van der Waals surface area (Å²) in [7, 11) is 0. The maximum Gasteiger partial charge on any atom is 0.101 e. The summed E-state index contributed by atoms with van der Waals surface area (Å²) in [6.07, 6.45) is 2.67. The van der Waals surface area contributed by atoms with E-state index in [1.807, 2.05) is 13.0 Å². The third-order valence-corrected chi connectivity index (χ3v) is 2.83. The number of nitrogens with zero attached hydrogens (tertiary/aromatic N) is 2. The molecule has 1 heterocycles. The van der Waals surface area contributed by atoms with E-state index in [0.717, 1.165) is 23.2 Å². The van der Waals surface area contributed by atoms with E-state index in [1.54, 1.807) is 6.20 Å². The smallest absolute Gasteiger partial charge is 0.101 e. The predicted molar refractivity (Wildman–Crippen MR) is 68.5 cm³/mol. The molecule has 0 spiro atoms. The van der Waals surface area contributed by atoms with Gasteiger partial charge in [0.1, 0.15) is 6.07 Å². The molecule has 0 aliphatic heterocycles. The maximum absolute atomic E-state index is 9.08. The molecule has 0 aliphatic rings. The summed E-state index contributed by atoms with van der Waals surface area (Å²) in [6.45, 7) is 4.07. The summed E-state index contributed by atoms with van der Waals surface area (Å²) in [6, 6.07) is 12.5. The lowest BCUT2D eigenvalue weighted by molar-refractivity contribution is 1.14. The minimum Gasteiger partial charge on any atom is -0.260 e. The Bertz CT molecular complexity index is 562. The van der Waals surface area contributed by atoms with Gasteiger partial charge in [0, 0.05) is 17.5 Å². The Labute approximate surface area is 102 Å². The van der Waals surface area contributed by atoms with Crippen LogP contribution in [0.3, 0.4) is 0 Å². The fourth-order valence-electron chi connectivity index (χ4n) is 1.81. The molecule has 2 nitrogen and oxygen atoms in total. The summed E-state index contributed by atoms with van der Waals surface area (Å²) < 4.78 is 0. The fourth-order valence-corrected chi connectivity index (χ4v) is 1.81. The average Bonchev–Trinajstić information content (AvgIpc) is 2.39. The average molecular weight is 222 g/mol. The molecule has 0 aliphatic carbocycles. The van der Waals surface area contributed by atoms with E-state index >= 15 is 0 Å². The van der Waals surface area contributed by atoms with Gasteiger partial charge in [-0.3, -0.25) is 4.98 Å². The van der Waals surface area contributed by atoms with Crippen molar-refractivity contribution in [3.63, 3.8) is 0 Å². The van der Waals surface area contributed by atoms with Crippen LogP contribution in [0.2, 0.25) is 0 Å². The fraction of sp³-hybridized carbons (Fsp3) is 0.200. The van der Waals surface area contributed by atoms with Gasteiger partial charge in [-0.2, -0.15) is 5.26 Å². The summed E-state index contributed by atoms with van der Waals surface area (Å²) in [5.41, 5.74) is 4.89. The van der Waals surface area contributed by atoms with E-state index in [0.29, 0.717) is 5.56 Å². The van der Waals surface area contributed by atoms with E-state index in [1.165, 1.54) is 5.56 Å². The van der Waals surface area contributed by atoms with Crippen LogP contribution in [0.5, 0.6) is 0 Å². The molecule has 0 saturated heterocycles. The van der Waals surface area contributed by atoms with Crippen molar-refractivity contribution in [2.24, 2.45) is 0 Å². The number of rotatable bonds is 2. The molecule has 0 atom stereocenters. The number of nitriles is 1. The van der Waals surface area contributed by atoms with E-state index in [2.05, 4.69) is 42.2 Å². The van der Waals surface area contributed by atoms with Gasteiger partial charge < -0.3 is 0 Å². The molecule has 0 fully saturated rings. The molecule has 17 heavy (non-hydrogen) atoms. The van der Waals surface area contributed by atoms with Crippen molar-refractivity contribution in [3.05, 3.63) is 53.3 Å². The SMILES string of the molecule is CCc1ccc(-c2cc(C)ncc2C#N)cc1. The Kier molecular flexibility index (Phi) is 3.20. The molecule has 2 rings (SSSR count). The lowest BCUT2D eigenvalue weighted by atomic mass is 10.00. The van der Waals surface area contributed by atoms with Gasteiger partial charge in [0.2, 0.25) is 0 Å². The number of hydrogen-bond donors (Lipinski definition) is 0. The first-order valence-corrected chi connectivity index (χ1v) is 5.70. The van der Waals surface area contributed by atoms with Crippen molar-refractivity contribution in [2.75, 3.05) is 0 Å². The van der Waals surface area contributed by atoms with Gasteiger partial charge in [-0.15, -0.1) is 0 Å². The molecule has 0 unspecified atom stereocenters. The van der Waals surface area contributed by atoms with Crippen LogP contribution in [0.15, 0.2) is 36.5 Å². The highest BCUT2D eigenvalue weighted by Gasteiger charge is 2.05. The summed E-state index contributed by atoms with van der Waals surface area (Å²) in [5, 5.41) is 9.08. The monoisotopic (exact) mass is 222 g/mol. The Morgan fingerprint density at radius 2 is 1.94 bits per heavy atom. The van der Waals surface area contributed by atoms with Gasteiger partial charge in [0.25, 0.3) is 0 Å². The first-order chi connectivity index (χ1) is 8.24. The van der Waals surface area contributed by atoms with E-state index in [4.69, 9.17) is 5.26 Å². The van der Waals surface area contributed by atoms with Crippen LogP contribution in [0, 0.1) is 18.3 Å². The quantitative estimate of drug-likeness (QED) is 0.779. The lowest BCUT2D eigenvalue weighted by Crippen LogP contribution is -1.90. The van der Waals surface area contributed by atoms with Crippen LogP contribution in [0.1, 0.15) is 23.7 Å². The highest BCUT2D eigenvalue weighted by Crippen LogP contribution is 2.24. The lowest BCUT2D eigenvalue weighted by Gasteiger charge is -2.06. The molecule has 1 aromatic carbocycles. The molecule has 0 bridgehead atoms. The van der Waals surface area contributed by atoms with Crippen LogP contribution >= 0.6 is 0 Å². The van der Waals surface area contributed by atoms with Crippen LogP contribution < -0.4 is 0 Å². The third kappa shape index (κ3) is 2.34. The van der Waals surface area contributed by atoms with Crippen molar-refractivity contribution in [1.82, 2.24) is 4.98 Å². The zero-order chi connectivity index (χ0) is 12.3. The Morgan fingerprint density at radius 3 is 2.53 bits per heavy atom. The number of hydrogen-bond acceptors (Lipinski definition) is 2. The molecular formula is C15H14N2. The minimum absolute atomic E-state index is 0.625. The molecule has 0 N–H and O–H groups in total. The second-order valence-corrected chi connectivity index (χ2v) is 4.03. The number of pyridine rings is 1. The van der Waals surface area contributed by atoms with Crippen molar-refractivity contribution in [2.45, 2.75) is 20.3 Å². The Balaban J connectivity index is 2.52. The highest BCUT2D eigenvalue weighted by atomic mass is 14.7. The summed E-state index contributed by atoms with van der Waals surface area (Å²) >= 11 is 0. The standard InChI is InChI=1S/C15H14N2/c1-3-12-4-6-13(7-5-12)15-8-11(2)17-10-14(15)9-16/h4-8,10H,3H2,1-2H3. The largest absolute Gasteiger partial charge is 0.260 e. The zero-order valence-corrected chi connectivity index (χ0v) is 10.1. The molecular weight excluding hydrogens is 208 g/mol. The summed E-state index contributed by atoms with van der Waals surface area (Å²) in [4.78, 5) is 4.15. The third-order valence-electron chi connectivity index (χ3n) is 2.83. The van der Waals surface area contributed by atoms with Crippen LogP contribution in [-0.2, 0) is 6.42 Å². The van der Waals surface area contributed by atoms with Crippen molar-refractivity contribution >= 4 is 0 Å². The van der Waals surface area contributed by atoms with Crippen LogP contribution in [0.25, 0.3) is 11.1 Å². The minimum atomic E-state index is 0.625. The predicted octanol–water partition coefficient (Wildman–Crippen LogP) is 3.49. The maximum atomic E-state index is 9.08. The first-order valence-electron chi connectivity index (χ1n) is 5.70. The van der Waals surface area contributed by atoms with Gasteiger partial charge in [-0.25, -0.2) is 0 Å². The first kappa shape index (κ1) is 11.3. The molecule has 0 saturated carbocycles. The van der Waals surface area contributed by atoms with Crippen molar-refractivity contribution < 1.29 is 0 Å². The summed E-state index contributed by atoms with van der Waals surface area (Å²) in [5.74, 6) is 0. The van der Waals surface area contributed by atoms with Gasteiger partial charge in [-0.05, 0) is 30.5 Å². The van der Waals surface area contributed by atoms with Crippen molar-refractivity contribution in [3.8, 4) is 17.2 Å². The number of benzene rings is 1. The molecule has 0 amide bonds. The normalized spacial score (nSPS) is 9.94. The molecule has 2 heteroatoms. The van der Waals surface area contributed by atoms with Crippen LogP contribution in [0.4, 0.5) is 0 Å². The molecule has 2 aromatic rings. The zero-order valence-electron chi connectivity index (χ0n) is 10.1. The van der Waals surface area contributed by atoms with E-state index < -0.39 is 0 Å². The van der Waals surface area contributed by atoms with Crippen LogP contribution in [-0.4, -0.2) is 4.98 Å². The second-order valence-electron chi connectivity index (χ2n) is 4.03. The van der Waals surface area contributed by atoms with Crippen molar-refractivity contribution in [1.29, 1.82) is 5.26 Å². The Hall–Kier alpha value is -2.14. The molecule has 1 aromatic heterocycles. The highest BCUT2D eigenvalue weighted by molar-refractivity contribution is 5.70. The van der Waals surface area contributed by atoms with E-state index in [9.17, 15) is 0 Å². The topological polar surface area (TPSA) is 36.7 Å². The molecule has 84 valence electrons. The number of aryl methyl sites for hydroxylation is 2. The molecule has 0 radical (unpaired) electrons. The number of aromatic nitrogens is 1. The van der Waals surface area contributed by atoms with E-state index in [-0.39, 0.29) is 0 Å². The second kappa shape index (κ2) is 4.80. The van der Waals surface area contributed by atoms with Gasteiger partial charge in [-0.1, -0.05) is 31.2 Å². The Morgan fingerprint density at radius 1 is 1.24 bits per heavy atom. The van der Waals surface area contributed by atoms with Gasteiger partial charge >= 0.3 is 0 Å².